The van der Waals surface area contributed by atoms with E-state index >= 15 is 0 Å². The summed E-state index contributed by atoms with van der Waals surface area (Å²) in [6.07, 6.45) is 0.883. The lowest BCUT2D eigenvalue weighted by atomic mass is 9.95. The molecule has 0 saturated heterocycles. The van der Waals surface area contributed by atoms with Gasteiger partial charge in [0.05, 0.1) is 5.60 Å². The van der Waals surface area contributed by atoms with Crippen molar-refractivity contribution in [2.45, 2.75) is 39.3 Å². The monoisotopic (exact) mass is 248 g/mol. The molecule has 0 aromatic heterocycles. The van der Waals surface area contributed by atoms with Gasteiger partial charge >= 0.3 is 0 Å². The van der Waals surface area contributed by atoms with E-state index in [0.717, 1.165) is 30.6 Å². The van der Waals surface area contributed by atoms with Crippen LogP contribution in [-0.2, 0) is 17.8 Å². The van der Waals surface area contributed by atoms with Crippen LogP contribution in [0.3, 0.4) is 0 Å². The van der Waals surface area contributed by atoms with Gasteiger partial charge in [0.25, 0.3) is 5.91 Å². The van der Waals surface area contributed by atoms with Crippen LogP contribution in [0.1, 0.15) is 42.3 Å². The minimum Gasteiger partial charge on any atom is -0.312 e. The Morgan fingerprint density at radius 3 is 2.89 bits per heavy atom. The number of hydrogen-bond acceptors (Lipinski definition) is 3. The number of carbonyl (C=O) groups is 1. The number of nitrogens with one attached hydrogen (secondary N) is 2. The minimum absolute atomic E-state index is 0.163. The average molecular weight is 248 g/mol. The van der Waals surface area contributed by atoms with E-state index in [-0.39, 0.29) is 11.5 Å². The summed E-state index contributed by atoms with van der Waals surface area (Å²) in [7, 11) is 0. The van der Waals surface area contributed by atoms with E-state index < -0.39 is 0 Å². The molecule has 0 radical (unpaired) electrons. The summed E-state index contributed by atoms with van der Waals surface area (Å²) in [6, 6.07) is 5.83. The third-order valence-corrected chi connectivity index (χ3v) is 2.83. The van der Waals surface area contributed by atoms with Crippen LogP contribution in [0, 0.1) is 0 Å². The van der Waals surface area contributed by atoms with Crippen LogP contribution in [-0.4, -0.2) is 18.1 Å². The van der Waals surface area contributed by atoms with Gasteiger partial charge in [0.1, 0.15) is 0 Å². The fourth-order valence-corrected chi connectivity index (χ4v) is 2.00. The van der Waals surface area contributed by atoms with E-state index in [4.69, 9.17) is 4.84 Å². The topological polar surface area (TPSA) is 50.4 Å². The number of amides is 1. The molecule has 1 aromatic carbocycles. The fourth-order valence-electron chi connectivity index (χ4n) is 2.00. The predicted molar refractivity (Wildman–Crippen MR) is 70.2 cm³/mol. The number of carbonyl (C=O) groups excluding carboxylic acids is 1. The molecule has 0 saturated carbocycles. The molecule has 0 spiro atoms. The Morgan fingerprint density at radius 2 is 2.17 bits per heavy atom. The Kier molecular flexibility index (Phi) is 3.68. The van der Waals surface area contributed by atoms with Crippen molar-refractivity contribution in [1.29, 1.82) is 0 Å². The lowest BCUT2D eigenvalue weighted by molar-refractivity contribution is -0.0590. The second-order valence-electron chi connectivity index (χ2n) is 5.52. The molecule has 0 atom stereocenters. The first-order chi connectivity index (χ1) is 8.47. The number of rotatable bonds is 2. The molecule has 98 valence electrons. The van der Waals surface area contributed by atoms with Gasteiger partial charge in [-0.1, -0.05) is 12.1 Å². The van der Waals surface area contributed by atoms with E-state index in [2.05, 4.69) is 16.9 Å². The van der Waals surface area contributed by atoms with Gasteiger partial charge in [0.2, 0.25) is 0 Å². The van der Waals surface area contributed by atoms with Crippen molar-refractivity contribution in [2.24, 2.45) is 0 Å². The van der Waals surface area contributed by atoms with Gasteiger partial charge in [-0.15, -0.1) is 0 Å². The average Bonchev–Trinajstić information content (AvgIpc) is 2.34. The number of hydrogen-bond donors (Lipinski definition) is 2. The first-order valence-electron chi connectivity index (χ1n) is 6.27. The van der Waals surface area contributed by atoms with Crippen molar-refractivity contribution in [1.82, 2.24) is 10.8 Å². The highest BCUT2D eigenvalue weighted by molar-refractivity contribution is 5.95. The number of benzene rings is 1. The largest absolute Gasteiger partial charge is 0.312 e. The summed E-state index contributed by atoms with van der Waals surface area (Å²) in [5.41, 5.74) is 5.20. The second kappa shape index (κ2) is 5.08. The maximum atomic E-state index is 12.1. The van der Waals surface area contributed by atoms with Gasteiger partial charge in [-0.05, 0) is 50.9 Å². The Bertz CT molecular complexity index is 450. The molecule has 0 bridgehead atoms. The van der Waals surface area contributed by atoms with Crippen molar-refractivity contribution >= 4 is 5.91 Å². The fraction of sp³-hybridized carbons (Fsp3) is 0.500. The van der Waals surface area contributed by atoms with Gasteiger partial charge in [0.15, 0.2) is 0 Å². The van der Waals surface area contributed by atoms with Gasteiger partial charge in [-0.25, -0.2) is 5.48 Å². The molecular weight excluding hydrogens is 228 g/mol. The van der Waals surface area contributed by atoms with E-state index in [0.29, 0.717) is 0 Å². The Labute approximate surface area is 108 Å². The molecule has 2 N–H and O–H groups in total. The van der Waals surface area contributed by atoms with Crippen LogP contribution in [0.15, 0.2) is 18.2 Å². The van der Waals surface area contributed by atoms with Gasteiger partial charge in [0, 0.05) is 12.1 Å². The molecule has 0 fully saturated rings. The molecule has 4 nitrogen and oxygen atoms in total. The highest BCUT2D eigenvalue weighted by atomic mass is 16.7. The third kappa shape index (κ3) is 3.09. The number of fused-ring (bicyclic) bond motifs is 1. The standard InChI is InChI=1S/C14H20N2O2/c1-14(2,3)18-16-13(17)12-6-4-5-10-9-15-8-7-11(10)12/h4-6,15H,7-9H2,1-3H3,(H,16,17). The molecule has 4 heteroatoms. The molecule has 1 amide bonds. The molecule has 1 aromatic rings. The van der Waals surface area contributed by atoms with Crippen LogP contribution in [0.5, 0.6) is 0 Å². The lowest BCUT2D eigenvalue weighted by Gasteiger charge is -2.22. The molecule has 0 unspecified atom stereocenters. The normalized spacial score (nSPS) is 15.1. The first kappa shape index (κ1) is 13.1. The van der Waals surface area contributed by atoms with E-state index in [1.165, 1.54) is 5.56 Å². The van der Waals surface area contributed by atoms with E-state index in [9.17, 15) is 4.79 Å². The van der Waals surface area contributed by atoms with Crippen LogP contribution in [0.4, 0.5) is 0 Å². The second-order valence-corrected chi connectivity index (χ2v) is 5.52. The van der Waals surface area contributed by atoms with Crippen LogP contribution in [0.25, 0.3) is 0 Å². The van der Waals surface area contributed by atoms with Gasteiger partial charge < -0.3 is 5.32 Å². The van der Waals surface area contributed by atoms with Crippen molar-refractivity contribution in [2.75, 3.05) is 6.54 Å². The number of hydroxylamine groups is 1. The first-order valence-corrected chi connectivity index (χ1v) is 6.27. The quantitative estimate of drug-likeness (QED) is 0.785. The third-order valence-electron chi connectivity index (χ3n) is 2.83. The molecule has 1 aliphatic rings. The molecule has 1 aliphatic heterocycles. The maximum absolute atomic E-state index is 12.1. The zero-order valence-corrected chi connectivity index (χ0v) is 11.2. The molecule has 0 aliphatic carbocycles. The summed E-state index contributed by atoms with van der Waals surface area (Å²) >= 11 is 0. The lowest BCUT2D eigenvalue weighted by Crippen LogP contribution is -2.35. The van der Waals surface area contributed by atoms with Crippen molar-refractivity contribution < 1.29 is 9.63 Å². The van der Waals surface area contributed by atoms with Crippen LogP contribution < -0.4 is 10.8 Å². The zero-order valence-electron chi connectivity index (χ0n) is 11.2. The molecule has 2 rings (SSSR count). The predicted octanol–water partition coefficient (Wildman–Crippen LogP) is 1.79. The van der Waals surface area contributed by atoms with Crippen molar-refractivity contribution in [3.63, 3.8) is 0 Å². The summed E-state index contributed by atoms with van der Waals surface area (Å²) in [6.45, 7) is 7.45. The zero-order chi connectivity index (χ0) is 13.2. The van der Waals surface area contributed by atoms with E-state index in [1.54, 1.807) is 0 Å². The van der Waals surface area contributed by atoms with Crippen molar-refractivity contribution in [3.8, 4) is 0 Å². The maximum Gasteiger partial charge on any atom is 0.275 e. The Morgan fingerprint density at radius 1 is 1.39 bits per heavy atom. The van der Waals surface area contributed by atoms with Crippen molar-refractivity contribution in [3.05, 3.63) is 34.9 Å². The Balaban J connectivity index is 2.15. The van der Waals surface area contributed by atoms with Gasteiger partial charge in [-0.2, -0.15) is 0 Å². The van der Waals surface area contributed by atoms with E-state index in [1.807, 2.05) is 32.9 Å². The Hall–Kier alpha value is -1.39. The summed E-state index contributed by atoms with van der Waals surface area (Å²) in [5.74, 6) is -0.163. The summed E-state index contributed by atoms with van der Waals surface area (Å²) < 4.78 is 0. The molecular formula is C14H20N2O2. The highest BCUT2D eigenvalue weighted by Gasteiger charge is 2.19. The molecule has 18 heavy (non-hydrogen) atoms. The minimum atomic E-state index is -0.383. The molecule has 1 heterocycles. The summed E-state index contributed by atoms with van der Waals surface area (Å²) in [5, 5.41) is 3.30. The smallest absolute Gasteiger partial charge is 0.275 e. The van der Waals surface area contributed by atoms with Gasteiger partial charge in [-0.3, -0.25) is 9.63 Å². The van der Waals surface area contributed by atoms with Crippen LogP contribution >= 0.6 is 0 Å². The highest BCUT2D eigenvalue weighted by Crippen LogP contribution is 2.18. The summed E-state index contributed by atoms with van der Waals surface area (Å²) in [4.78, 5) is 17.4. The van der Waals surface area contributed by atoms with Crippen LogP contribution in [0.2, 0.25) is 0 Å². The SMILES string of the molecule is CC(C)(C)ONC(=O)c1cccc2c1CCNC2.